The molecule has 1 saturated heterocycles. The zero-order chi connectivity index (χ0) is 21.5. The predicted molar refractivity (Wildman–Crippen MR) is 110 cm³/mol. The quantitative estimate of drug-likeness (QED) is 0.691. The third kappa shape index (κ3) is 5.78. The van der Waals surface area contributed by atoms with Gasteiger partial charge in [-0.15, -0.1) is 0 Å². The van der Waals surface area contributed by atoms with E-state index in [0.717, 1.165) is 12.0 Å². The van der Waals surface area contributed by atoms with Crippen molar-refractivity contribution in [2.75, 3.05) is 26.2 Å². The number of rotatable bonds is 7. The first-order valence-corrected chi connectivity index (χ1v) is 10.2. The molecule has 5 nitrogen and oxygen atoms in total. The molecule has 2 aromatic carbocycles. The van der Waals surface area contributed by atoms with Gasteiger partial charge in [-0.25, -0.2) is 0 Å². The lowest BCUT2D eigenvalue weighted by molar-refractivity contribution is -0.132. The number of halogens is 2. The van der Waals surface area contributed by atoms with Crippen molar-refractivity contribution in [3.63, 3.8) is 0 Å². The number of carbonyl (C=O) groups excluding carboxylic acids is 2. The molecule has 0 saturated carbocycles. The van der Waals surface area contributed by atoms with E-state index in [1.807, 2.05) is 24.3 Å². The second-order valence-corrected chi connectivity index (χ2v) is 7.25. The number of hydrogen-bond donors (Lipinski definition) is 0. The Balaban J connectivity index is 1.45. The summed E-state index contributed by atoms with van der Waals surface area (Å²) in [5.74, 6) is 0.128. The minimum Gasteiger partial charge on any atom is -0.435 e. The largest absolute Gasteiger partial charge is 0.435 e. The lowest BCUT2D eigenvalue weighted by Crippen LogP contribution is -2.50. The van der Waals surface area contributed by atoms with Crippen molar-refractivity contribution >= 4 is 11.8 Å². The molecule has 7 heteroatoms. The summed E-state index contributed by atoms with van der Waals surface area (Å²) in [6, 6.07) is 14.0. The molecule has 1 fully saturated rings. The average Bonchev–Trinajstić information content (AvgIpc) is 2.77. The monoisotopic (exact) mass is 416 g/mol. The van der Waals surface area contributed by atoms with Crippen molar-refractivity contribution in [3.8, 4) is 5.75 Å². The van der Waals surface area contributed by atoms with Gasteiger partial charge in [0, 0.05) is 38.2 Å². The summed E-state index contributed by atoms with van der Waals surface area (Å²) < 4.78 is 28.7. The molecule has 0 spiro atoms. The van der Waals surface area contributed by atoms with Gasteiger partial charge in [0.2, 0.25) is 5.91 Å². The first kappa shape index (κ1) is 21.7. The first-order chi connectivity index (χ1) is 14.5. The van der Waals surface area contributed by atoms with Crippen molar-refractivity contribution in [2.45, 2.75) is 32.8 Å². The van der Waals surface area contributed by atoms with Gasteiger partial charge in [0.05, 0.1) is 0 Å². The molecule has 0 N–H and O–H groups in total. The molecular formula is C23H26F2N2O3. The third-order valence-electron chi connectivity index (χ3n) is 5.30. The van der Waals surface area contributed by atoms with E-state index < -0.39 is 6.61 Å². The number of ether oxygens (including phenoxy) is 1. The molecule has 30 heavy (non-hydrogen) atoms. The highest BCUT2D eigenvalue weighted by Crippen LogP contribution is 2.17. The normalized spacial score (nSPS) is 14.1. The lowest BCUT2D eigenvalue weighted by Gasteiger charge is -2.35. The lowest BCUT2D eigenvalue weighted by atomic mass is 10.1. The Morgan fingerprint density at radius 1 is 0.900 bits per heavy atom. The molecule has 0 radical (unpaired) electrons. The van der Waals surface area contributed by atoms with Crippen molar-refractivity contribution in [3.05, 3.63) is 65.2 Å². The number of amides is 2. The van der Waals surface area contributed by atoms with E-state index >= 15 is 0 Å². The summed E-state index contributed by atoms with van der Waals surface area (Å²) in [5, 5.41) is 0. The van der Waals surface area contributed by atoms with E-state index in [9.17, 15) is 18.4 Å². The molecule has 160 valence electrons. The fourth-order valence-electron chi connectivity index (χ4n) is 3.47. The Morgan fingerprint density at radius 3 is 2.03 bits per heavy atom. The van der Waals surface area contributed by atoms with Crippen molar-refractivity contribution < 1.29 is 23.1 Å². The molecule has 0 aliphatic carbocycles. The zero-order valence-corrected chi connectivity index (χ0v) is 17.0. The highest BCUT2D eigenvalue weighted by Gasteiger charge is 2.24. The van der Waals surface area contributed by atoms with Gasteiger partial charge >= 0.3 is 6.61 Å². The number of carbonyl (C=O) groups is 2. The number of piperazine rings is 1. The van der Waals surface area contributed by atoms with Crippen LogP contribution in [0.1, 0.15) is 34.8 Å². The highest BCUT2D eigenvalue weighted by atomic mass is 19.3. The molecule has 1 aliphatic rings. The summed E-state index contributed by atoms with van der Waals surface area (Å²) in [7, 11) is 0. The van der Waals surface area contributed by atoms with Crippen LogP contribution >= 0.6 is 0 Å². The van der Waals surface area contributed by atoms with Crippen LogP contribution in [0.15, 0.2) is 48.5 Å². The predicted octanol–water partition coefficient (Wildman–Crippen LogP) is 3.77. The number of benzene rings is 2. The van der Waals surface area contributed by atoms with Crippen LogP contribution in [0, 0.1) is 0 Å². The molecule has 0 unspecified atom stereocenters. The van der Waals surface area contributed by atoms with Crippen LogP contribution in [0.3, 0.4) is 0 Å². The smallest absolute Gasteiger partial charge is 0.387 e. The molecular weight excluding hydrogens is 390 g/mol. The van der Waals surface area contributed by atoms with Crippen LogP contribution in [-0.2, 0) is 17.6 Å². The van der Waals surface area contributed by atoms with Gasteiger partial charge < -0.3 is 14.5 Å². The van der Waals surface area contributed by atoms with Gasteiger partial charge in [0.15, 0.2) is 0 Å². The standard InChI is InChI=1S/C23H26F2N2O3/c1-2-17-3-8-19(9-4-17)22(29)27-15-13-26(14-16-27)21(28)12-7-18-5-10-20(11-6-18)30-23(24)25/h3-6,8-11,23H,2,7,12-16H2,1H3. The Morgan fingerprint density at radius 2 is 1.47 bits per heavy atom. The maximum atomic E-state index is 12.6. The SMILES string of the molecule is CCc1ccc(C(=O)N2CCN(C(=O)CCc3ccc(OC(F)F)cc3)CC2)cc1. The van der Waals surface area contributed by atoms with Gasteiger partial charge in [-0.3, -0.25) is 9.59 Å². The van der Waals surface area contributed by atoms with E-state index in [1.54, 1.807) is 21.9 Å². The van der Waals surface area contributed by atoms with Crippen molar-refractivity contribution in [1.82, 2.24) is 9.80 Å². The Labute approximate surface area is 175 Å². The summed E-state index contributed by atoms with van der Waals surface area (Å²) in [4.78, 5) is 28.7. The summed E-state index contributed by atoms with van der Waals surface area (Å²) in [6.07, 6.45) is 1.79. The molecule has 0 bridgehead atoms. The van der Waals surface area contributed by atoms with Crippen LogP contribution in [0.5, 0.6) is 5.75 Å². The highest BCUT2D eigenvalue weighted by molar-refractivity contribution is 5.94. The number of alkyl halides is 2. The Kier molecular flexibility index (Phi) is 7.38. The molecule has 3 rings (SSSR count). The van der Waals surface area contributed by atoms with E-state index in [-0.39, 0.29) is 17.6 Å². The van der Waals surface area contributed by atoms with Crippen molar-refractivity contribution in [2.24, 2.45) is 0 Å². The van der Waals surface area contributed by atoms with Crippen molar-refractivity contribution in [1.29, 1.82) is 0 Å². The number of aryl methyl sites for hydroxylation is 2. The Bertz CT molecular complexity index is 846. The minimum absolute atomic E-state index is 0.00383. The molecule has 1 aliphatic heterocycles. The van der Waals surface area contributed by atoms with Crippen LogP contribution < -0.4 is 4.74 Å². The fourth-order valence-corrected chi connectivity index (χ4v) is 3.47. The topological polar surface area (TPSA) is 49.9 Å². The maximum absolute atomic E-state index is 12.6. The summed E-state index contributed by atoms with van der Waals surface area (Å²) >= 11 is 0. The van der Waals surface area contributed by atoms with E-state index in [2.05, 4.69) is 11.7 Å². The van der Waals surface area contributed by atoms with Crippen LogP contribution in [-0.4, -0.2) is 54.4 Å². The van der Waals surface area contributed by atoms with Crippen LogP contribution in [0.2, 0.25) is 0 Å². The van der Waals surface area contributed by atoms with E-state index in [1.165, 1.54) is 17.7 Å². The summed E-state index contributed by atoms with van der Waals surface area (Å²) in [5.41, 5.74) is 2.75. The molecule has 0 aromatic heterocycles. The summed E-state index contributed by atoms with van der Waals surface area (Å²) in [6.45, 7) is 1.28. The van der Waals surface area contributed by atoms with E-state index in [4.69, 9.17) is 0 Å². The molecule has 2 aromatic rings. The van der Waals surface area contributed by atoms with Gasteiger partial charge in [-0.2, -0.15) is 8.78 Å². The van der Waals surface area contributed by atoms with Gasteiger partial charge in [-0.05, 0) is 48.2 Å². The first-order valence-electron chi connectivity index (χ1n) is 10.2. The van der Waals surface area contributed by atoms with E-state index in [0.29, 0.717) is 44.6 Å². The molecule has 0 atom stereocenters. The van der Waals surface area contributed by atoms with Crippen LogP contribution in [0.4, 0.5) is 8.78 Å². The molecule has 1 heterocycles. The van der Waals surface area contributed by atoms with Gasteiger partial charge in [0.1, 0.15) is 5.75 Å². The van der Waals surface area contributed by atoms with Gasteiger partial charge in [-0.1, -0.05) is 31.2 Å². The number of nitrogens with zero attached hydrogens (tertiary/aromatic N) is 2. The third-order valence-corrected chi connectivity index (χ3v) is 5.30. The zero-order valence-electron chi connectivity index (χ0n) is 17.0. The minimum atomic E-state index is -2.85. The van der Waals surface area contributed by atoms with Crippen LogP contribution in [0.25, 0.3) is 0 Å². The Hall–Kier alpha value is -2.96. The average molecular weight is 416 g/mol. The number of hydrogen-bond acceptors (Lipinski definition) is 3. The second kappa shape index (κ2) is 10.2. The molecule has 2 amide bonds. The maximum Gasteiger partial charge on any atom is 0.387 e. The fraction of sp³-hybridized carbons (Fsp3) is 0.391. The van der Waals surface area contributed by atoms with Gasteiger partial charge in [0.25, 0.3) is 5.91 Å². The second-order valence-electron chi connectivity index (χ2n) is 7.25.